The zero-order valence-corrected chi connectivity index (χ0v) is 9.92. The predicted molar refractivity (Wildman–Crippen MR) is 60.9 cm³/mol. The Morgan fingerprint density at radius 3 is 2.93 bits per heavy atom. The lowest BCUT2D eigenvalue weighted by Crippen LogP contribution is -2.17. The Labute approximate surface area is 93.3 Å². The zero-order valence-electron chi connectivity index (χ0n) is 8.33. The van der Waals surface area contributed by atoms with Gasteiger partial charge >= 0.3 is 0 Å². The summed E-state index contributed by atoms with van der Waals surface area (Å²) in [6.07, 6.45) is 3.23. The second-order valence-corrected chi connectivity index (χ2v) is 4.99. The van der Waals surface area contributed by atoms with Gasteiger partial charge in [-0.25, -0.2) is 0 Å². The largest absolute Gasteiger partial charge is 0.311 e. The van der Waals surface area contributed by atoms with E-state index in [2.05, 4.69) is 33.2 Å². The topological polar surface area (TPSA) is 24.9 Å². The van der Waals surface area contributed by atoms with Crippen LogP contribution in [0.2, 0.25) is 0 Å². The van der Waals surface area contributed by atoms with Crippen molar-refractivity contribution in [3.8, 4) is 0 Å². The lowest BCUT2D eigenvalue weighted by Gasteiger charge is -2.03. The van der Waals surface area contributed by atoms with Crippen molar-refractivity contribution in [3.05, 3.63) is 28.5 Å². The van der Waals surface area contributed by atoms with Crippen LogP contribution in [-0.4, -0.2) is 11.5 Å². The second-order valence-electron chi connectivity index (χ2n) is 4.07. The van der Waals surface area contributed by atoms with Crippen LogP contribution in [-0.2, 0) is 6.54 Å². The third-order valence-electron chi connectivity index (χ3n) is 2.78. The van der Waals surface area contributed by atoms with Gasteiger partial charge in [-0.15, -0.1) is 0 Å². The standard InChI is InChI=1S/C11H15BrN2/c1-8-4-9(8)5-13-7-11-3-2-10(12)6-14-11/h2-3,6,8-9,13H,4-5,7H2,1H3. The first-order chi connectivity index (χ1) is 6.75. The molecule has 1 aromatic rings. The van der Waals surface area contributed by atoms with Crippen molar-refractivity contribution >= 4 is 15.9 Å². The first-order valence-electron chi connectivity index (χ1n) is 5.07. The summed E-state index contributed by atoms with van der Waals surface area (Å²) in [6, 6.07) is 4.08. The summed E-state index contributed by atoms with van der Waals surface area (Å²) in [7, 11) is 0. The van der Waals surface area contributed by atoms with Gasteiger partial charge < -0.3 is 5.32 Å². The van der Waals surface area contributed by atoms with Gasteiger partial charge in [0.2, 0.25) is 0 Å². The number of hydrogen-bond acceptors (Lipinski definition) is 2. The molecule has 0 bridgehead atoms. The van der Waals surface area contributed by atoms with E-state index < -0.39 is 0 Å². The summed E-state index contributed by atoms with van der Waals surface area (Å²) in [5, 5.41) is 3.44. The molecule has 0 saturated heterocycles. The van der Waals surface area contributed by atoms with Crippen LogP contribution < -0.4 is 5.32 Å². The van der Waals surface area contributed by atoms with Gasteiger partial charge in [-0.1, -0.05) is 6.92 Å². The molecular weight excluding hydrogens is 240 g/mol. The third kappa shape index (κ3) is 2.79. The predicted octanol–water partition coefficient (Wildman–Crippen LogP) is 2.59. The number of pyridine rings is 1. The molecule has 2 unspecified atom stereocenters. The Hall–Kier alpha value is -0.410. The maximum Gasteiger partial charge on any atom is 0.0542 e. The van der Waals surface area contributed by atoms with E-state index in [1.165, 1.54) is 6.42 Å². The fourth-order valence-corrected chi connectivity index (χ4v) is 1.81. The molecule has 0 radical (unpaired) electrons. The number of nitrogens with one attached hydrogen (secondary N) is 1. The zero-order chi connectivity index (χ0) is 9.97. The number of nitrogens with zero attached hydrogens (tertiary/aromatic N) is 1. The van der Waals surface area contributed by atoms with Crippen molar-refractivity contribution in [2.75, 3.05) is 6.54 Å². The first-order valence-corrected chi connectivity index (χ1v) is 5.86. The number of aromatic nitrogens is 1. The maximum atomic E-state index is 4.31. The molecule has 0 amide bonds. The molecule has 1 aliphatic carbocycles. The lowest BCUT2D eigenvalue weighted by atomic mass is 10.3. The van der Waals surface area contributed by atoms with Crippen LogP contribution in [0.5, 0.6) is 0 Å². The Morgan fingerprint density at radius 1 is 1.57 bits per heavy atom. The van der Waals surface area contributed by atoms with E-state index in [0.29, 0.717) is 0 Å². The van der Waals surface area contributed by atoms with E-state index in [1.54, 1.807) is 0 Å². The molecule has 0 spiro atoms. The van der Waals surface area contributed by atoms with Gasteiger partial charge in [-0.3, -0.25) is 4.98 Å². The Balaban J connectivity index is 1.72. The van der Waals surface area contributed by atoms with Crippen LogP contribution >= 0.6 is 15.9 Å². The Bertz CT molecular complexity index is 297. The number of rotatable bonds is 4. The SMILES string of the molecule is CC1CC1CNCc1ccc(Br)cn1. The van der Waals surface area contributed by atoms with E-state index in [1.807, 2.05) is 18.3 Å². The first kappa shape index (κ1) is 10.1. The highest BCUT2D eigenvalue weighted by molar-refractivity contribution is 9.10. The fourth-order valence-electron chi connectivity index (χ4n) is 1.58. The minimum Gasteiger partial charge on any atom is -0.311 e. The van der Waals surface area contributed by atoms with Crippen molar-refractivity contribution in [1.29, 1.82) is 0 Å². The van der Waals surface area contributed by atoms with Crippen LogP contribution in [0.3, 0.4) is 0 Å². The summed E-state index contributed by atoms with van der Waals surface area (Å²) in [5.74, 6) is 1.84. The number of halogens is 1. The quantitative estimate of drug-likeness (QED) is 0.894. The molecule has 2 nitrogen and oxygen atoms in total. The van der Waals surface area contributed by atoms with E-state index in [9.17, 15) is 0 Å². The normalized spacial score (nSPS) is 25.0. The van der Waals surface area contributed by atoms with Gasteiger partial charge in [0.15, 0.2) is 0 Å². The van der Waals surface area contributed by atoms with Gasteiger partial charge in [0, 0.05) is 17.2 Å². The Kier molecular flexibility index (Phi) is 3.19. The maximum absolute atomic E-state index is 4.31. The highest BCUT2D eigenvalue weighted by Crippen LogP contribution is 2.36. The van der Waals surface area contributed by atoms with E-state index in [0.717, 1.165) is 35.1 Å². The monoisotopic (exact) mass is 254 g/mol. The van der Waals surface area contributed by atoms with Gasteiger partial charge in [0.25, 0.3) is 0 Å². The molecule has 3 heteroatoms. The van der Waals surface area contributed by atoms with Gasteiger partial charge in [-0.2, -0.15) is 0 Å². The molecule has 14 heavy (non-hydrogen) atoms. The summed E-state index contributed by atoms with van der Waals surface area (Å²) < 4.78 is 1.04. The summed E-state index contributed by atoms with van der Waals surface area (Å²) >= 11 is 3.37. The van der Waals surface area contributed by atoms with Crippen LogP contribution in [0.25, 0.3) is 0 Å². The molecule has 2 rings (SSSR count). The van der Waals surface area contributed by atoms with E-state index in [-0.39, 0.29) is 0 Å². The molecule has 1 N–H and O–H groups in total. The van der Waals surface area contributed by atoms with Crippen LogP contribution in [0.15, 0.2) is 22.8 Å². The van der Waals surface area contributed by atoms with Crippen LogP contribution in [0, 0.1) is 11.8 Å². The average molecular weight is 255 g/mol. The fraction of sp³-hybridized carbons (Fsp3) is 0.545. The molecule has 0 aromatic carbocycles. The van der Waals surface area contributed by atoms with Gasteiger partial charge in [-0.05, 0) is 52.9 Å². The molecule has 1 aliphatic rings. The molecule has 1 saturated carbocycles. The second kappa shape index (κ2) is 4.41. The van der Waals surface area contributed by atoms with E-state index in [4.69, 9.17) is 0 Å². The minimum atomic E-state index is 0.885. The average Bonchev–Trinajstić information content (AvgIpc) is 2.86. The molecule has 1 fully saturated rings. The highest BCUT2D eigenvalue weighted by atomic mass is 79.9. The van der Waals surface area contributed by atoms with Crippen molar-refractivity contribution in [3.63, 3.8) is 0 Å². The Morgan fingerprint density at radius 2 is 2.36 bits per heavy atom. The summed E-state index contributed by atoms with van der Waals surface area (Å²) in [5.41, 5.74) is 1.11. The minimum absolute atomic E-state index is 0.885. The number of hydrogen-bond donors (Lipinski definition) is 1. The van der Waals surface area contributed by atoms with Crippen LogP contribution in [0.4, 0.5) is 0 Å². The van der Waals surface area contributed by atoms with Gasteiger partial charge in [0.05, 0.1) is 5.69 Å². The smallest absolute Gasteiger partial charge is 0.0542 e. The van der Waals surface area contributed by atoms with Crippen molar-refractivity contribution in [1.82, 2.24) is 10.3 Å². The summed E-state index contributed by atoms with van der Waals surface area (Å²) in [4.78, 5) is 4.31. The van der Waals surface area contributed by atoms with Crippen molar-refractivity contribution < 1.29 is 0 Å². The lowest BCUT2D eigenvalue weighted by molar-refractivity contribution is 0.605. The van der Waals surface area contributed by atoms with Crippen molar-refractivity contribution in [2.45, 2.75) is 19.9 Å². The summed E-state index contributed by atoms with van der Waals surface area (Å²) in [6.45, 7) is 4.33. The molecule has 0 aliphatic heterocycles. The molecule has 1 aromatic heterocycles. The molecule has 1 heterocycles. The van der Waals surface area contributed by atoms with Gasteiger partial charge in [0.1, 0.15) is 0 Å². The highest BCUT2D eigenvalue weighted by Gasteiger charge is 2.31. The molecule has 76 valence electrons. The molecular formula is C11H15BrN2. The van der Waals surface area contributed by atoms with Crippen molar-refractivity contribution in [2.24, 2.45) is 11.8 Å². The molecule has 2 atom stereocenters. The van der Waals surface area contributed by atoms with E-state index >= 15 is 0 Å². The van der Waals surface area contributed by atoms with Crippen LogP contribution in [0.1, 0.15) is 19.0 Å². The third-order valence-corrected chi connectivity index (χ3v) is 3.25.